The van der Waals surface area contributed by atoms with Gasteiger partial charge < -0.3 is 4.74 Å². The molecule has 2 nitrogen and oxygen atoms in total. The molecule has 0 unspecified atom stereocenters. The summed E-state index contributed by atoms with van der Waals surface area (Å²) in [7, 11) is 0. The molecule has 0 radical (unpaired) electrons. The fourth-order valence-corrected chi connectivity index (χ4v) is 1.46. The molecule has 6 heteroatoms. The molecule has 0 N–H and O–H groups in total. The topological polar surface area (TPSA) is 22.1 Å². The van der Waals surface area contributed by atoms with Gasteiger partial charge in [-0.15, -0.1) is 0 Å². The number of aryl methyl sites for hydroxylation is 1. The summed E-state index contributed by atoms with van der Waals surface area (Å²) in [5, 5.41) is 0. The van der Waals surface area contributed by atoms with Crippen LogP contribution in [0.3, 0.4) is 0 Å². The molecule has 0 spiro atoms. The summed E-state index contributed by atoms with van der Waals surface area (Å²) < 4.78 is 56.5. The number of aromatic nitrogens is 1. The smallest absolute Gasteiger partial charge is 0.419 e. The molecule has 0 atom stereocenters. The molecule has 0 amide bonds. The molecule has 2 rings (SSSR count). The van der Waals surface area contributed by atoms with E-state index in [-0.39, 0.29) is 17.2 Å². The third-order valence-corrected chi connectivity index (χ3v) is 2.42. The van der Waals surface area contributed by atoms with E-state index in [2.05, 4.69) is 4.98 Å². The average molecular weight is 271 g/mol. The Morgan fingerprint density at radius 3 is 2.47 bits per heavy atom. The monoisotopic (exact) mass is 271 g/mol. The lowest BCUT2D eigenvalue weighted by Gasteiger charge is -2.13. The fraction of sp³-hybridized carbons (Fsp3) is 0.154. The van der Waals surface area contributed by atoms with Crippen LogP contribution in [0.4, 0.5) is 17.6 Å². The fourth-order valence-electron chi connectivity index (χ4n) is 1.46. The number of benzene rings is 1. The van der Waals surface area contributed by atoms with Crippen LogP contribution in [0, 0.1) is 12.7 Å². The van der Waals surface area contributed by atoms with E-state index >= 15 is 0 Å². The second-order valence-electron chi connectivity index (χ2n) is 3.83. The molecule has 2 aromatic rings. The molecule has 0 bridgehead atoms. The third-order valence-electron chi connectivity index (χ3n) is 2.42. The van der Waals surface area contributed by atoms with Crippen molar-refractivity contribution < 1.29 is 22.3 Å². The Balaban J connectivity index is 2.36. The first-order valence-corrected chi connectivity index (χ1v) is 5.34. The Morgan fingerprint density at radius 1 is 1.16 bits per heavy atom. The zero-order chi connectivity index (χ0) is 14.0. The second-order valence-corrected chi connectivity index (χ2v) is 3.83. The van der Waals surface area contributed by atoms with Crippen molar-refractivity contribution in [2.75, 3.05) is 0 Å². The molecule has 0 fully saturated rings. The van der Waals surface area contributed by atoms with Crippen LogP contribution in [-0.4, -0.2) is 4.98 Å². The average Bonchev–Trinajstić information content (AvgIpc) is 2.33. The van der Waals surface area contributed by atoms with E-state index in [1.165, 1.54) is 31.3 Å². The Kier molecular flexibility index (Phi) is 3.42. The summed E-state index contributed by atoms with van der Waals surface area (Å²) in [5.74, 6) is -1.11. The molecule has 1 aromatic carbocycles. The number of para-hydroxylation sites is 1. The van der Waals surface area contributed by atoms with Crippen molar-refractivity contribution in [3.8, 4) is 11.5 Å². The molecule has 0 aliphatic heterocycles. The second kappa shape index (κ2) is 4.87. The highest BCUT2D eigenvalue weighted by Crippen LogP contribution is 2.37. The molecule has 0 saturated heterocycles. The van der Waals surface area contributed by atoms with Gasteiger partial charge in [0.05, 0.1) is 17.5 Å². The number of ether oxygens (including phenoxy) is 1. The van der Waals surface area contributed by atoms with E-state index < -0.39 is 17.6 Å². The first-order chi connectivity index (χ1) is 8.88. The van der Waals surface area contributed by atoms with Crippen molar-refractivity contribution in [3.05, 3.63) is 53.6 Å². The minimum atomic E-state index is -4.53. The number of hydrogen-bond acceptors (Lipinski definition) is 2. The van der Waals surface area contributed by atoms with Gasteiger partial charge in [0.15, 0.2) is 0 Å². The van der Waals surface area contributed by atoms with Crippen LogP contribution >= 0.6 is 0 Å². The van der Waals surface area contributed by atoms with Crippen LogP contribution in [-0.2, 0) is 6.18 Å². The third kappa shape index (κ3) is 3.01. The van der Waals surface area contributed by atoms with Crippen LogP contribution in [0.15, 0.2) is 36.5 Å². The number of nitrogens with zero attached hydrogens (tertiary/aromatic N) is 1. The summed E-state index contributed by atoms with van der Waals surface area (Å²) in [4.78, 5) is 3.69. The first-order valence-electron chi connectivity index (χ1n) is 5.34. The van der Waals surface area contributed by atoms with Crippen LogP contribution in [0.25, 0.3) is 0 Å². The highest BCUT2D eigenvalue weighted by atomic mass is 19.4. The van der Waals surface area contributed by atoms with Crippen molar-refractivity contribution >= 4 is 0 Å². The molecular formula is C13H9F4NO. The lowest BCUT2D eigenvalue weighted by atomic mass is 10.2. The number of rotatable bonds is 2. The van der Waals surface area contributed by atoms with E-state index in [4.69, 9.17) is 4.74 Å². The zero-order valence-electron chi connectivity index (χ0n) is 9.83. The van der Waals surface area contributed by atoms with Gasteiger partial charge in [-0.05, 0) is 19.1 Å². The van der Waals surface area contributed by atoms with E-state index in [0.29, 0.717) is 0 Å². The number of alkyl halides is 3. The summed E-state index contributed by atoms with van der Waals surface area (Å²) >= 11 is 0. The largest absolute Gasteiger partial charge is 0.455 e. The predicted molar refractivity (Wildman–Crippen MR) is 60.5 cm³/mol. The van der Waals surface area contributed by atoms with Gasteiger partial charge in [0.2, 0.25) is 0 Å². The van der Waals surface area contributed by atoms with Crippen molar-refractivity contribution in [2.45, 2.75) is 13.1 Å². The van der Waals surface area contributed by atoms with E-state index in [0.717, 1.165) is 12.1 Å². The molecule has 0 saturated carbocycles. The Bertz CT molecular complexity index is 595. The van der Waals surface area contributed by atoms with Gasteiger partial charge >= 0.3 is 6.18 Å². The number of pyridine rings is 1. The molecule has 1 heterocycles. The lowest BCUT2D eigenvalue weighted by Crippen LogP contribution is -2.07. The highest BCUT2D eigenvalue weighted by Gasteiger charge is 2.34. The number of halogens is 4. The maximum atomic E-state index is 13.3. The quantitative estimate of drug-likeness (QED) is 0.758. The Labute approximate surface area is 106 Å². The van der Waals surface area contributed by atoms with Gasteiger partial charge in [-0.1, -0.05) is 12.1 Å². The SMILES string of the molecule is Cc1ncc(Oc2ccccc2C(F)(F)F)cc1F. The van der Waals surface area contributed by atoms with Crippen LogP contribution < -0.4 is 4.74 Å². The summed E-state index contributed by atoms with van der Waals surface area (Å²) in [6.45, 7) is 1.45. The van der Waals surface area contributed by atoms with Crippen molar-refractivity contribution in [2.24, 2.45) is 0 Å². The van der Waals surface area contributed by atoms with Crippen molar-refractivity contribution in [1.29, 1.82) is 0 Å². The predicted octanol–water partition coefficient (Wildman–Crippen LogP) is 4.34. The van der Waals surface area contributed by atoms with Crippen LogP contribution in [0.2, 0.25) is 0 Å². The zero-order valence-corrected chi connectivity index (χ0v) is 9.83. The maximum Gasteiger partial charge on any atom is 0.419 e. The number of hydrogen-bond donors (Lipinski definition) is 0. The molecule has 1 aromatic heterocycles. The molecule has 100 valence electrons. The van der Waals surface area contributed by atoms with Gasteiger partial charge in [-0.3, -0.25) is 4.98 Å². The summed E-state index contributed by atoms with van der Waals surface area (Å²) in [5.41, 5.74) is -0.771. The molecule has 0 aliphatic carbocycles. The highest BCUT2D eigenvalue weighted by molar-refractivity contribution is 5.39. The Morgan fingerprint density at radius 2 is 1.84 bits per heavy atom. The van der Waals surface area contributed by atoms with Crippen molar-refractivity contribution in [1.82, 2.24) is 4.98 Å². The van der Waals surface area contributed by atoms with Gasteiger partial charge in [-0.2, -0.15) is 13.2 Å². The van der Waals surface area contributed by atoms with Crippen LogP contribution in [0.1, 0.15) is 11.3 Å². The molecular weight excluding hydrogens is 262 g/mol. The van der Waals surface area contributed by atoms with E-state index in [1.807, 2.05) is 0 Å². The van der Waals surface area contributed by atoms with E-state index in [9.17, 15) is 17.6 Å². The maximum absolute atomic E-state index is 13.3. The standard InChI is InChI=1S/C13H9F4NO/c1-8-11(14)6-9(7-18-8)19-12-5-3-2-4-10(12)13(15,16)17/h2-7H,1H3. The van der Waals surface area contributed by atoms with Gasteiger partial charge in [0, 0.05) is 6.07 Å². The minimum absolute atomic E-state index is 0.0835. The lowest BCUT2D eigenvalue weighted by molar-refractivity contribution is -0.138. The van der Waals surface area contributed by atoms with E-state index in [1.54, 1.807) is 0 Å². The first kappa shape index (κ1) is 13.3. The van der Waals surface area contributed by atoms with Gasteiger partial charge in [-0.25, -0.2) is 4.39 Å². The summed E-state index contributed by atoms with van der Waals surface area (Å²) in [6.07, 6.45) is -3.36. The van der Waals surface area contributed by atoms with Crippen LogP contribution in [0.5, 0.6) is 11.5 Å². The van der Waals surface area contributed by atoms with Gasteiger partial charge in [0.1, 0.15) is 17.3 Å². The van der Waals surface area contributed by atoms with Gasteiger partial charge in [0.25, 0.3) is 0 Å². The normalized spacial score (nSPS) is 11.4. The Hall–Kier alpha value is -2.11. The van der Waals surface area contributed by atoms with Crippen molar-refractivity contribution in [3.63, 3.8) is 0 Å². The minimum Gasteiger partial charge on any atom is -0.455 e. The molecule has 0 aliphatic rings. The molecule has 19 heavy (non-hydrogen) atoms. The summed E-state index contributed by atoms with van der Waals surface area (Å²) in [6, 6.07) is 5.72.